The van der Waals surface area contributed by atoms with E-state index >= 15 is 0 Å². The summed E-state index contributed by atoms with van der Waals surface area (Å²) in [6.45, 7) is -0.0353. The van der Waals surface area contributed by atoms with Crippen molar-refractivity contribution >= 4 is 15.8 Å². The molecule has 0 aliphatic heterocycles. The first-order valence-corrected chi connectivity index (χ1v) is 8.26. The molecule has 0 amide bonds. The zero-order chi connectivity index (χ0) is 16.2. The predicted octanol–water partition coefficient (Wildman–Crippen LogP) is 2.32. The van der Waals surface area contributed by atoms with Crippen molar-refractivity contribution < 1.29 is 17.9 Å². The number of hydrogen-bond acceptors (Lipinski definition) is 5. The summed E-state index contributed by atoms with van der Waals surface area (Å²) in [4.78, 5) is 12.0. The lowest BCUT2D eigenvalue weighted by atomic mass is 10.1. The van der Waals surface area contributed by atoms with Gasteiger partial charge in [0.05, 0.1) is 22.1 Å². The quantitative estimate of drug-likeness (QED) is 0.808. The van der Waals surface area contributed by atoms with Gasteiger partial charge in [0.1, 0.15) is 6.61 Å². The monoisotopic (exact) mass is 315 g/mol. The molecule has 0 aromatic heterocycles. The van der Waals surface area contributed by atoms with Crippen LogP contribution in [0.25, 0.3) is 0 Å². The second kappa shape index (κ2) is 6.41. The van der Waals surface area contributed by atoms with Gasteiger partial charge in [-0.1, -0.05) is 24.3 Å². The zero-order valence-corrected chi connectivity index (χ0v) is 12.6. The number of ether oxygens (including phenoxy) is 1. The molecule has 2 rings (SSSR count). The number of carbonyl (C=O) groups excluding carboxylic acids is 1. The van der Waals surface area contributed by atoms with Gasteiger partial charge < -0.3 is 4.74 Å². The van der Waals surface area contributed by atoms with Crippen molar-refractivity contribution in [2.45, 2.75) is 11.5 Å². The summed E-state index contributed by atoms with van der Waals surface area (Å²) in [5.41, 5.74) is 1.12. The van der Waals surface area contributed by atoms with E-state index in [0.29, 0.717) is 11.1 Å². The summed E-state index contributed by atoms with van der Waals surface area (Å²) < 4.78 is 28.5. The molecule has 2 aromatic carbocycles. The fraction of sp³-hybridized carbons (Fsp3) is 0.125. The predicted molar refractivity (Wildman–Crippen MR) is 79.8 cm³/mol. The second-order valence-corrected chi connectivity index (χ2v) is 6.64. The highest BCUT2D eigenvalue weighted by molar-refractivity contribution is 7.90. The molecule has 0 bridgehead atoms. The molecular formula is C16H13NO4S. The maximum absolute atomic E-state index is 12.1. The highest BCUT2D eigenvalue weighted by atomic mass is 32.2. The Hall–Kier alpha value is -2.65. The van der Waals surface area contributed by atoms with E-state index in [2.05, 4.69) is 0 Å². The standard InChI is InChI=1S/C16H13NO4S/c1-22(19,20)15-8-3-2-7-14(15)16(18)21-11-13-6-4-5-12(9-13)10-17/h2-9H,11H2,1H3. The molecule has 22 heavy (non-hydrogen) atoms. The molecule has 112 valence electrons. The fourth-order valence-electron chi connectivity index (χ4n) is 1.92. The molecule has 0 spiro atoms. The SMILES string of the molecule is CS(=O)(=O)c1ccccc1C(=O)OCc1cccc(C#N)c1. The van der Waals surface area contributed by atoms with Crippen molar-refractivity contribution in [3.05, 3.63) is 65.2 Å². The van der Waals surface area contributed by atoms with Crippen LogP contribution in [0.3, 0.4) is 0 Å². The lowest BCUT2D eigenvalue weighted by Crippen LogP contribution is -2.11. The minimum atomic E-state index is -3.52. The Morgan fingerprint density at radius 3 is 2.59 bits per heavy atom. The van der Waals surface area contributed by atoms with E-state index in [1.54, 1.807) is 36.4 Å². The fourth-order valence-corrected chi connectivity index (χ4v) is 2.79. The summed E-state index contributed by atoms with van der Waals surface area (Å²) >= 11 is 0. The minimum Gasteiger partial charge on any atom is -0.457 e. The van der Waals surface area contributed by atoms with Crippen molar-refractivity contribution in [1.82, 2.24) is 0 Å². The number of nitrogens with zero attached hydrogens (tertiary/aromatic N) is 1. The zero-order valence-electron chi connectivity index (χ0n) is 11.8. The third-order valence-corrected chi connectivity index (χ3v) is 4.09. The summed E-state index contributed by atoms with van der Waals surface area (Å²) in [7, 11) is -3.52. The average molecular weight is 315 g/mol. The van der Waals surface area contributed by atoms with Crippen LogP contribution >= 0.6 is 0 Å². The lowest BCUT2D eigenvalue weighted by molar-refractivity contribution is 0.0468. The maximum Gasteiger partial charge on any atom is 0.339 e. The molecule has 0 unspecified atom stereocenters. The molecule has 0 saturated carbocycles. The molecule has 0 aliphatic rings. The second-order valence-electron chi connectivity index (χ2n) is 4.66. The molecule has 6 heteroatoms. The molecule has 0 saturated heterocycles. The number of benzene rings is 2. The largest absolute Gasteiger partial charge is 0.457 e. The Morgan fingerprint density at radius 2 is 1.91 bits per heavy atom. The van der Waals surface area contributed by atoms with Crippen LogP contribution in [0, 0.1) is 11.3 Å². The van der Waals surface area contributed by atoms with Crippen LogP contribution in [0.15, 0.2) is 53.4 Å². The van der Waals surface area contributed by atoms with Gasteiger partial charge in [0.25, 0.3) is 0 Å². The molecule has 0 N–H and O–H groups in total. The average Bonchev–Trinajstić information content (AvgIpc) is 2.52. The van der Waals surface area contributed by atoms with Crippen molar-refractivity contribution in [2.75, 3.05) is 6.26 Å². The van der Waals surface area contributed by atoms with Gasteiger partial charge in [0.15, 0.2) is 9.84 Å². The van der Waals surface area contributed by atoms with Crippen LogP contribution in [0.5, 0.6) is 0 Å². The van der Waals surface area contributed by atoms with E-state index < -0.39 is 15.8 Å². The Morgan fingerprint density at radius 1 is 1.18 bits per heavy atom. The van der Waals surface area contributed by atoms with Crippen LogP contribution in [0.1, 0.15) is 21.5 Å². The Kier molecular flexibility index (Phi) is 4.59. The molecule has 2 aromatic rings. The number of carbonyl (C=O) groups is 1. The van der Waals surface area contributed by atoms with Crippen LogP contribution in [-0.4, -0.2) is 20.6 Å². The first kappa shape index (κ1) is 15.7. The van der Waals surface area contributed by atoms with Gasteiger partial charge in [-0.2, -0.15) is 5.26 Å². The molecule has 5 nitrogen and oxygen atoms in total. The first-order valence-electron chi connectivity index (χ1n) is 6.37. The minimum absolute atomic E-state index is 0.00133. The maximum atomic E-state index is 12.1. The third-order valence-electron chi connectivity index (χ3n) is 2.93. The van der Waals surface area contributed by atoms with Crippen molar-refractivity contribution in [3.63, 3.8) is 0 Å². The summed E-state index contributed by atoms with van der Waals surface area (Å²) in [6.07, 6.45) is 1.04. The summed E-state index contributed by atoms with van der Waals surface area (Å²) in [6, 6.07) is 14.5. The van der Waals surface area contributed by atoms with Gasteiger partial charge >= 0.3 is 5.97 Å². The summed E-state index contributed by atoms with van der Waals surface area (Å²) in [5.74, 6) is -0.719. The van der Waals surface area contributed by atoms with E-state index in [4.69, 9.17) is 10.00 Å². The van der Waals surface area contributed by atoms with Gasteiger partial charge in [-0.15, -0.1) is 0 Å². The van der Waals surface area contributed by atoms with E-state index in [0.717, 1.165) is 6.26 Å². The number of esters is 1. The van der Waals surface area contributed by atoms with Crippen molar-refractivity contribution in [2.24, 2.45) is 0 Å². The van der Waals surface area contributed by atoms with Crippen LogP contribution in [0.2, 0.25) is 0 Å². The van der Waals surface area contributed by atoms with Gasteiger partial charge in [0.2, 0.25) is 0 Å². The van der Waals surface area contributed by atoms with E-state index in [1.807, 2.05) is 6.07 Å². The molecular weight excluding hydrogens is 302 g/mol. The number of rotatable bonds is 4. The molecule has 0 atom stereocenters. The van der Waals surface area contributed by atoms with Gasteiger partial charge in [-0.25, -0.2) is 13.2 Å². The van der Waals surface area contributed by atoms with E-state index in [1.165, 1.54) is 12.1 Å². The third kappa shape index (κ3) is 3.71. The van der Waals surface area contributed by atoms with E-state index in [9.17, 15) is 13.2 Å². The number of nitriles is 1. The normalized spacial score (nSPS) is 10.7. The number of hydrogen-bond donors (Lipinski definition) is 0. The Bertz CT molecular complexity index is 850. The Balaban J connectivity index is 2.19. The molecule has 0 radical (unpaired) electrons. The molecule has 0 aliphatic carbocycles. The lowest BCUT2D eigenvalue weighted by Gasteiger charge is -2.08. The topological polar surface area (TPSA) is 84.2 Å². The van der Waals surface area contributed by atoms with Gasteiger partial charge in [-0.3, -0.25) is 0 Å². The van der Waals surface area contributed by atoms with Crippen molar-refractivity contribution in [1.29, 1.82) is 5.26 Å². The molecule has 0 fully saturated rings. The van der Waals surface area contributed by atoms with Crippen LogP contribution in [0.4, 0.5) is 0 Å². The van der Waals surface area contributed by atoms with Crippen molar-refractivity contribution in [3.8, 4) is 6.07 Å². The van der Waals surface area contributed by atoms with Crippen LogP contribution < -0.4 is 0 Å². The molecule has 0 heterocycles. The van der Waals surface area contributed by atoms with Gasteiger partial charge in [-0.05, 0) is 29.8 Å². The van der Waals surface area contributed by atoms with E-state index in [-0.39, 0.29) is 17.1 Å². The van der Waals surface area contributed by atoms with Gasteiger partial charge in [0, 0.05) is 6.26 Å². The highest BCUT2D eigenvalue weighted by Gasteiger charge is 2.19. The van der Waals surface area contributed by atoms with Crippen LogP contribution in [-0.2, 0) is 21.2 Å². The highest BCUT2D eigenvalue weighted by Crippen LogP contribution is 2.17. The number of sulfone groups is 1. The summed E-state index contributed by atoms with van der Waals surface area (Å²) in [5, 5.41) is 8.82. The smallest absolute Gasteiger partial charge is 0.339 e. The first-order chi connectivity index (χ1) is 10.4. The Labute approximate surface area is 128 Å².